The first kappa shape index (κ1) is 20.8. The molecule has 0 saturated carbocycles. The number of allylic oxidation sites excluding steroid dienone is 1. The summed E-state index contributed by atoms with van der Waals surface area (Å²) >= 11 is 0. The highest BCUT2D eigenvalue weighted by Gasteiger charge is 2.30. The molecule has 1 heterocycles. The van der Waals surface area contributed by atoms with Crippen molar-refractivity contribution in [2.75, 3.05) is 0 Å². The summed E-state index contributed by atoms with van der Waals surface area (Å²) in [5, 5.41) is 0. The van der Waals surface area contributed by atoms with E-state index in [4.69, 9.17) is 9.47 Å². The monoisotopic (exact) mass is 432 g/mol. The molecule has 0 spiro atoms. The number of hydrogen-bond acceptors (Lipinski definition) is 3. The third-order valence-corrected chi connectivity index (χ3v) is 5.91. The number of ketones is 1. The van der Waals surface area contributed by atoms with Crippen molar-refractivity contribution in [1.82, 2.24) is 0 Å². The summed E-state index contributed by atoms with van der Waals surface area (Å²) < 4.78 is 12.0. The fourth-order valence-corrected chi connectivity index (χ4v) is 4.05. The van der Waals surface area contributed by atoms with Crippen LogP contribution in [0.1, 0.15) is 32.6 Å². The minimum Gasteiger partial charge on any atom is -0.489 e. The standard InChI is InChI=1S/C30H24O3/c1-20-8-6-7-11-25(20)19-32-26-16-21(2)29-27(18-26)33-28(30(29)31)17-22-12-14-24(15-13-22)23-9-4-3-5-10-23/h3-18H,19H2,1-2H3/b28-17-. The fraction of sp³-hybridized carbons (Fsp3) is 0.100. The molecule has 4 aromatic rings. The molecule has 0 aromatic heterocycles. The Bertz CT molecular complexity index is 1350. The maximum atomic E-state index is 13.0. The molecule has 0 saturated heterocycles. The molecule has 0 unspecified atom stereocenters. The Kier molecular flexibility index (Phi) is 5.54. The van der Waals surface area contributed by atoms with Gasteiger partial charge in [0, 0.05) is 6.07 Å². The van der Waals surface area contributed by atoms with Crippen molar-refractivity contribution >= 4 is 11.9 Å². The predicted molar refractivity (Wildman–Crippen MR) is 132 cm³/mol. The Morgan fingerprint density at radius 1 is 0.788 bits per heavy atom. The van der Waals surface area contributed by atoms with Gasteiger partial charge in [-0.25, -0.2) is 0 Å². The fourth-order valence-electron chi connectivity index (χ4n) is 4.05. The third-order valence-electron chi connectivity index (χ3n) is 5.91. The van der Waals surface area contributed by atoms with Gasteiger partial charge >= 0.3 is 0 Å². The van der Waals surface area contributed by atoms with Gasteiger partial charge in [-0.1, -0.05) is 78.9 Å². The quantitative estimate of drug-likeness (QED) is 0.314. The third kappa shape index (κ3) is 4.31. The number of Topliss-reactive ketones (excluding diaryl/α,β-unsaturated/α-hetero) is 1. The van der Waals surface area contributed by atoms with Crippen molar-refractivity contribution in [1.29, 1.82) is 0 Å². The second-order valence-corrected chi connectivity index (χ2v) is 8.26. The molecule has 0 amide bonds. The summed E-state index contributed by atoms with van der Waals surface area (Å²) in [7, 11) is 0. The summed E-state index contributed by atoms with van der Waals surface area (Å²) in [5.74, 6) is 1.47. The van der Waals surface area contributed by atoms with Crippen LogP contribution in [0, 0.1) is 13.8 Å². The molecule has 162 valence electrons. The minimum atomic E-state index is -0.0971. The van der Waals surface area contributed by atoms with E-state index in [2.05, 4.69) is 43.3 Å². The van der Waals surface area contributed by atoms with Crippen LogP contribution in [0.2, 0.25) is 0 Å². The molecule has 1 aliphatic rings. The summed E-state index contributed by atoms with van der Waals surface area (Å²) in [5.41, 5.74) is 6.97. The number of aryl methyl sites for hydroxylation is 2. The van der Waals surface area contributed by atoms with E-state index in [0.717, 1.165) is 27.8 Å². The summed E-state index contributed by atoms with van der Waals surface area (Å²) in [4.78, 5) is 13.0. The zero-order chi connectivity index (χ0) is 22.8. The largest absolute Gasteiger partial charge is 0.489 e. The Labute approximate surface area is 193 Å². The van der Waals surface area contributed by atoms with E-state index in [-0.39, 0.29) is 5.78 Å². The molecule has 33 heavy (non-hydrogen) atoms. The van der Waals surface area contributed by atoms with Crippen LogP contribution >= 0.6 is 0 Å². The van der Waals surface area contributed by atoms with Gasteiger partial charge in [-0.15, -0.1) is 0 Å². The average molecular weight is 433 g/mol. The van der Waals surface area contributed by atoms with E-state index in [0.29, 0.717) is 29.4 Å². The topological polar surface area (TPSA) is 35.5 Å². The number of ether oxygens (including phenoxy) is 2. The molecule has 0 bridgehead atoms. The van der Waals surface area contributed by atoms with Crippen molar-refractivity contribution < 1.29 is 14.3 Å². The first-order valence-corrected chi connectivity index (χ1v) is 11.0. The molecule has 0 aliphatic carbocycles. The number of carbonyl (C=O) groups is 1. The van der Waals surface area contributed by atoms with Crippen molar-refractivity contribution in [2.24, 2.45) is 0 Å². The van der Waals surface area contributed by atoms with Gasteiger partial charge < -0.3 is 9.47 Å². The highest BCUT2D eigenvalue weighted by atomic mass is 16.5. The number of carbonyl (C=O) groups excluding carboxylic acids is 1. The van der Waals surface area contributed by atoms with Gasteiger partial charge in [0.05, 0.1) is 5.56 Å². The Balaban J connectivity index is 1.35. The number of hydrogen-bond donors (Lipinski definition) is 0. The van der Waals surface area contributed by atoms with Crippen LogP contribution in [0.3, 0.4) is 0 Å². The van der Waals surface area contributed by atoms with Gasteiger partial charge in [-0.2, -0.15) is 0 Å². The molecule has 0 atom stereocenters. The first-order valence-electron chi connectivity index (χ1n) is 11.0. The Morgan fingerprint density at radius 2 is 1.48 bits per heavy atom. The molecule has 0 N–H and O–H groups in total. The first-order chi connectivity index (χ1) is 16.1. The maximum absolute atomic E-state index is 13.0. The highest BCUT2D eigenvalue weighted by Crippen LogP contribution is 2.38. The van der Waals surface area contributed by atoms with E-state index in [1.807, 2.05) is 55.5 Å². The van der Waals surface area contributed by atoms with Gasteiger partial charge in [0.2, 0.25) is 5.78 Å². The van der Waals surface area contributed by atoms with Crippen LogP contribution in [0.5, 0.6) is 11.5 Å². The average Bonchev–Trinajstić information content (AvgIpc) is 3.15. The van der Waals surface area contributed by atoms with Crippen LogP contribution in [-0.4, -0.2) is 5.78 Å². The van der Waals surface area contributed by atoms with E-state index in [1.54, 1.807) is 12.1 Å². The second kappa shape index (κ2) is 8.79. The van der Waals surface area contributed by atoms with Crippen molar-refractivity contribution in [3.63, 3.8) is 0 Å². The number of benzene rings is 4. The molecule has 0 fully saturated rings. The zero-order valence-corrected chi connectivity index (χ0v) is 18.7. The lowest BCUT2D eigenvalue weighted by Gasteiger charge is -2.10. The van der Waals surface area contributed by atoms with Crippen LogP contribution < -0.4 is 9.47 Å². The van der Waals surface area contributed by atoms with Gasteiger partial charge in [0.15, 0.2) is 5.76 Å². The molecule has 4 aromatic carbocycles. The molecule has 1 aliphatic heterocycles. The second-order valence-electron chi connectivity index (χ2n) is 8.26. The number of rotatable bonds is 5. The molecule has 3 nitrogen and oxygen atoms in total. The maximum Gasteiger partial charge on any atom is 0.232 e. The van der Waals surface area contributed by atoms with E-state index < -0.39 is 0 Å². The summed E-state index contributed by atoms with van der Waals surface area (Å²) in [6, 6.07) is 30.2. The lowest BCUT2D eigenvalue weighted by atomic mass is 10.0. The molecular formula is C30H24O3. The molecule has 3 heteroatoms. The highest BCUT2D eigenvalue weighted by molar-refractivity contribution is 6.15. The van der Waals surface area contributed by atoms with Crippen LogP contribution in [-0.2, 0) is 6.61 Å². The molecule has 5 rings (SSSR count). The van der Waals surface area contributed by atoms with Crippen LogP contribution in [0.15, 0.2) is 96.8 Å². The van der Waals surface area contributed by atoms with Crippen LogP contribution in [0.25, 0.3) is 17.2 Å². The predicted octanol–water partition coefficient (Wildman–Crippen LogP) is 7.17. The Morgan fingerprint density at radius 3 is 2.24 bits per heavy atom. The van der Waals surface area contributed by atoms with E-state index >= 15 is 0 Å². The Hall–Kier alpha value is -4.11. The summed E-state index contributed by atoms with van der Waals surface area (Å²) in [6.07, 6.45) is 1.80. The lowest BCUT2D eigenvalue weighted by Crippen LogP contribution is -2.00. The van der Waals surface area contributed by atoms with Crippen LogP contribution in [0.4, 0.5) is 0 Å². The smallest absolute Gasteiger partial charge is 0.232 e. The number of fused-ring (bicyclic) bond motifs is 1. The SMILES string of the molecule is Cc1ccccc1COc1cc(C)c2c(c1)O/C(=C\c1ccc(-c3ccccc3)cc1)C2=O. The normalized spacial score (nSPS) is 13.6. The molecule has 0 radical (unpaired) electrons. The van der Waals surface area contributed by atoms with Crippen molar-refractivity contribution in [3.8, 4) is 22.6 Å². The van der Waals surface area contributed by atoms with Gasteiger partial charge in [-0.3, -0.25) is 4.79 Å². The zero-order valence-electron chi connectivity index (χ0n) is 18.7. The van der Waals surface area contributed by atoms with E-state index in [1.165, 1.54) is 5.56 Å². The van der Waals surface area contributed by atoms with Crippen molar-refractivity contribution in [2.45, 2.75) is 20.5 Å². The summed E-state index contributed by atoms with van der Waals surface area (Å²) in [6.45, 7) is 4.45. The van der Waals surface area contributed by atoms with Gasteiger partial charge in [0.1, 0.15) is 18.1 Å². The molecular weight excluding hydrogens is 408 g/mol. The van der Waals surface area contributed by atoms with Crippen molar-refractivity contribution in [3.05, 3.63) is 125 Å². The van der Waals surface area contributed by atoms with Gasteiger partial charge in [0.25, 0.3) is 0 Å². The minimum absolute atomic E-state index is 0.0971. The lowest BCUT2D eigenvalue weighted by molar-refractivity contribution is 0.101. The van der Waals surface area contributed by atoms with Gasteiger partial charge in [-0.05, 0) is 59.4 Å². The van der Waals surface area contributed by atoms with E-state index in [9.17, 15) is 4.79 Å².